The predicted molar refractivity (Wildman–Crippen MR) is 56.6 cm³/mol. The number of carbonyl (C=O) groups excluding carboxylic acids is 3. The highest BCUT2D eigenvalue weighted by Crippen LogP contribution is 2.24. The van der Waals surface area contributed by atoms with Gasteiger partial charge in [0.25, 0.3) is 5.91 Å². The highest BCUT2D eigenvalue weighted by Gasteiger charge is 2.49. The van der Waals surface area contributed by atoms with Gasteiger partial charge < -0.3 is 4.74 Å². The van der Waals surface area contributed by atoms with Crippen LogP contribution in [0, 0.1) is 5.41 Å². The van der Waals surface area contributed by atoms with Crippen LogP contribution in [0.15, 0.2) is 0 Å². The Hall–Kier alpha value is -1.47. The van der Waals surface area contributed by atoms with Crippen LogP contribution in [0.3, 0.4) is 0 Å². The second kappa shape index (κ2) is 4.08. The van der Waals surface area contributed by atoms with E-state index in [1.807, 2.05) is 0 Å². The number of rotatable bonds is 1. The number of carbonyl (C=O) groups is 3. The van der Waals surface area contributed by atoms with Crippen LogP contribution in [0.5, 0.6) is 0 Å². The number of urea groups is 1. The SMILES string of the molecule is CC1(C)C(=O)NC(=O)N(N2CCOCC2)C1=O. The molecule has 2 aliphatic heterocycles. The first-order valence-corrected chi connectivity index (χ1v) is 5.47. The number of hydrazine groups is 1. The first kappa shape index (κ1) is 12.0. The molecule has 7 nitrogen and oxygen atoms in total. The van der Waals surface area contributed by atoms with Crippen molar-refractivity contribution in [1.82, 2.24) is 15.3 Å². The van der Waals surface area contributed by atoms with Crippen molar-refractivity contribution in [2.24, 2.45) is 5.41 Å². The number of morpholine rings is 1. The molecular weight excluding hydrogens is 226 g/mol. The fourth-order valence-electron chi connectivity index (χ4n) is 1.77. The number of nitrogens with one attached hydrogen (secondary N) is 1. The molecule has 2 rings (SSSR count). The Bertz CT molecular complexity index is 374. The lowest BCUT2D eigenvalue weighted by molar-refractivity contribution is -0.165. The number of barbiturate groups is 1. The van der Waals surface area contributed by atoms with Crippen molar-refractivity contribution < 1.29 is 19.1 Å². The zero-order chi connectivity index (χ0) is 12.6. The molecule has 0 aromatic carbocycles. The summed E-state index contributed by atoms with van der Waals surface area (Å²) in [4.78, 5) is 35.4. The molecule has 0 aromatic rings. The predicted octanol–water partition coefficient (Wildman–Crippen LogP) is -0.662. The lowest BCUT2D eigenvalue weighted by Gasteiger charge is -2.41. The van der Waals surface area contributed by atoms with Crippen LogP contribution in [-0.2, 0) is 14.3 Å². The molecule has 7 heteroatoms. The van der Waals surface area contributed by atoms with E-state index in [2.05, 4.69) is 5.32 Å². The third kappa shape index (κ3) is 1.91. The molecule has 0 radical (unpaired) electrons. The van der Waals surface area contributed by atoms with Crippen LogP contribution >= 0.6 is 0 Å². The van der Waals surface area contributed by atoms with Crippen molar-refractivity contribution in [2.45, 2.75) is 13.8 Å². The number of hydrogen-bond donors (Lipinski definition) is 1. The van der Waals surface area contributed by atoms with E-state index < -0.39 is 23.3 Å². The van der Waals surface area contributed by atoms with Crippen LogP contribution < -0.4 is 5.32 Å². The van der Waals surface area contributed by atoms with Gasteiger partial charge in [-0.05, 0) is 13.8 Å². The minimum absolute atomic E-state index is 0.462. The van der Waals surface area contributed by atoms with Gasteiger partial charge in [0.05, 0.1) is 13.2 Å². The fraction of sp³-hybridized carbons (Fsp3) is 0.700. The number of ether oxygens (including phenoxy) is 1. The molecule has 2 fully saturated rings. The fourth-order valence-corrected chi connectivity index (χ4v) is 1.77. The number of amides is 4. The summed E-state index contributed by atoms with van der Waals surface area (Å²) in [6, 6.07) is -0.679. The van der Waals surface area contributed by atoms with E-state index in [4.69, 9.17) is 4.74 Å². The first-order chi connectivity index (χ1) is 7.94. The molecule has 0 atom stereocenters. The summed E-state index contributed by atoms with van der Waals surface area (Å²) in [7, 11) is 0. The van der Waals surface area contributed by atoms with Crippen molar-refractivity contribution in [1.29, 1.82) is 0 Å². The van der Waals surface area contributed by atoms with Crippen LogP contribution in [-0.4, -0.2) is 54.2 Å². The summed E-state index contributed by atoms with van der Waals surface area (Å²) in [6.45, 7) is 4.86. The van der Waals surface area contributed by atoms with Crippen molar-refractivity contribution in [3.05, 3.63) is 0 Å². The summed E-state index contributed by atoms with van der Waals surface area (Å²) < 4.78 is 5.16. The normalized spacial score (nSPS) is 26.0. The molecule has 4 amide bonds. The Morgan fingerprint density at radius 2 is 1.76 bits per heavy atom. The van der Waals surface area contributed by atoms with E-state index in [1.54, 1.807) is 5.01 Å². The molecule has 1 N–H and O–H groups in total. The van der Waals surface area contributed by atoms with Gasteiger partial charge in [-0.2, -0.15) is 5.01 Å². The zero-order valence-electron chi connectivity index (χ0n) is 9.86. The topological polar surface area (TPSA) is 79.0 Å². The van der Waals surface area contributed by atoms with Crippen LogP contribution in [0.4, 0.5) is 4.79 Å². The smallest absolute Gasteiger partial charge is 0.345 e. The van der Waals surface area contributed by atoms with Gasteiger partial charge in [0.2, 0.25) is 5.91 Å². The maximum absolute atomic E-state index is 12.1. The van der Waals surface area contributed by atoms with Crippen LogP contribution in [0.2, 0.25) is 0 Å². The summed E-state index contributed by atoms with van der Waals surface area (Å²) in [6.07, 6.45) is 0. The molecule has 0 unspecified atom stereocenters. The van der Waals surface area contributed by atoms with Crippen molar-refractivity contribution in [2.75, 3.05) is 26.3 Å². The molecule has 2 heterocycles. The van der Waals surface area contributed by atoms with E-state index in [9.17, 15) is 14.4 Å². The number of nitrogens with zero attached hydrogens (tertiary/aromatic N) is 2. The summed E-state index contributed by atoms with van der Waals surface area (Å²) in [5.74, 6) is -1.05. The molecule has 17 heavy (non-hydrogen) atoms. The maximum Gasteiger partial charge on any atom is 0.345 e. The summed E-state index contributed by atoms with van der Waals surface area (Å²) >= 11 is 0. The van der Waals surface area contributed by atoms with Crippen LogP contribution in [0.1, 0.15) is 13.8 Å². The third-order valence-electron chi connectivity index (χ3n) is 2.98. The Morgan fingerprint density at radius 3 is 2.35 bits per heavy atom. The largest absolute Gasteiger partial charge is 0.379 e. The second-order valence-corrected chi connectivity index (χ2v) is 4.57. The second-order valence-electron chi connectivity index (χ2n) is 4.57. The zero-order valence-corrected chi connectivity index (χ0v) is 9.86. The first-order valence-electron chi connectivity index (χ1n) is 5.47. The monoisotopic (exact) mass is 241 g/mol. The van der Waals surface area contributed by atoms with Gasteiger partial charge >= 0.3 is 6.03 Å². The number of hydrogen-bond acceptors (Lipinski definition) is 5. The molecule has 0 saturated carbocycles. The molecule has 0 aromatic heterocycles. The van der Waals surface area contributed by atoms with Gasteiger partial charge in [0.1, 0.15) is 5.41 Å². The van der Waals surface area contributed by atoms with Gasteiger partial charge in [-0.25, -0.2) is 9.80 Å². The lowest BCUT2D eigenvalue weighted by Crippen LogP contribution is -2.67. The summed E-state index contributed by atoms with van der Waals surface area (Å²) in [5.41, 5.74) is -1.22. The molecule has 2 aliphatic rings. The van der Waals surface area contributed by atoms with E-state index >= 15 is 0 Å². The van der Waals surface area contributed by atoms with E-state index in [-0.39, 0.29) is 0 Å². The Morgan fingerprint density at radius 1 is 1.18 bits per heavy atom. The van der Waals surface area contributed by atoms with Crippen molar-refractivity contribution in [3.8, 4) is 0 Å². The van der Waals surface area contributed by atoms with E-state index in [0.717, 1.165) is 5.01 Å². The Balaban J connectivity index is 2.23. The molecular formula is C10H15N3O4. The van der Waals surface area contributed by atoms with Gasteiger partial charge in [-0.3, -0.25) is 14.9 Å². The highest BCUT2D eigenvalue weighted by molar-refractivity contribution is 6.18. The van der Waals surface area contributed by atoms with Gasteiger partial charge in [0.15, 0.2) is 0 Å². The number of imide groups is 2. The lowest BCUT2D eigenvalue weighted by atomic mass is 9.89. The van der Waals surface area contributed by atoms with Crippen molar-refractivity contribution >= 4 is 17.8 Å². The third-order valence-corrected chi connectivity index (χ3v) is 2.98. The van der Waals surface area contributed by atoms with E-state index in [1.165, 1.54) is 13.8 Å². The average Bonchev–Trinajstić information content (AvgIpc) is 2.28. The average molecular weight is 241 g/mol. The molecule has 0 aliphatic carbocycles. The van der Waals surface area contributed by atoms with Gasteiger partial charge in [-0.1, -0.05) is 0 Å². The molecule has 94 valence electrons. The summed E-state index contributed by atoms with van der Waals surface area (Å²) in [5, 5.41) is 4.82. The van der Waals surface area contributed by atoms with Gasteiger partial charge in [0, 0.05) is 13.1 Å². The highest BCUT2D eigenvalue weighted by atomic mass is 16.5. The molecule has 0 bridgehead atoms. The maximum atomic E-state index is 12.1. The standard InChI is InChI=1S/C10H15N3O4/c1-10(2)7(14)11-9(16)13(8(10)15)12-3-5-17-6-4-12/h3-6H2,1-2H3,(H,11,14,16). The van der Waals surface area contributed by atoms with Crippen LogP contribution in [0.25, 0.3) is 0 Å². The Kier molecular flexibility index (Phi) is 2.88. The molecule has 2 saturated heterocycles. The van der Waals surface area contributed by atoms with E-state index in [0.29, 0.717) is 26.3 Å². The molecule has 0 spiro atoms. The Labute approximate surface area is 98.6 Å². The quantitative estimate of drug-likeness (QED) is 0.616. The van der Waals surface area contributed by atoms with Crippen molar-refractivity contribution in [3.63, 3.8) is 0 Å². The minimum atomic E-state index is -1.22. The van der Waals surface area contributed by atoms with Gasteiger partial charge in [-0.15, -0.1) is 0 Å². The minimum Gasteiger partial charge on any atom is -0.379 e.